The van der Waals surface area contributed by atoms with Crippen molar-refractivity contribution in [3.63, 3.8) is 0 Å². The number of methoxy groups -OCH3 is 1. The van der Waals surface area contributed by atoms with Crippen LogP contribution in [-0.4, -0.2) is 29.2 Å². The fourth-order valence-electron chi connectivity index (χ4n) is 3.05. The van der Waals surface area contributed by atoms with Gasteiger partial charge in [-0.05, 0) is 42.0 Å². The van der Waals surface area contributed by atoms with Crippen LogP contribution in [0.2, 0.25) is 5.54 Å². The summed E-state index contributed by atoms with van der Waals surface area (Å²) in [5, 5.41) is 0. The summed E-state index contributed by atoms with van der Waals surface area (Å²) in [5.41, 5.74) is 1.52. The number of rotatable bonds is 5. The molecule has 0 heterocycles. The molecule has 0 saturated heterocycles. The molecule has 1 aromatic rings. The first kappa shape index (κ1) is 17.3. The van der Waals surface area contributed by atoms with Crippen molar-refractivity contribution in [2.45, 2.75) is 43.5 Å². The number of ether oxygens (including phenoxy) is 2. The fourth-order valence-corrected chi connectivity index (χ4v) is 4.67. The Morgan fingerprint density at radius 2 is 1.86 bits per heavy atom. The summed E-state index contributed by atoms with van der Waals surface area (Å²) in [7, 11) is 1.50. The van der Waals surface area contributed by atoms with Crippen LogP contribution in [0.3, 0.4) is 0 Å². The second-order valence-corrected chi connectivity index (χ2v) is 7.88. The van der Waals surface area contributed by atoms with Crippen LogP contribution in [0, 0.1) is 5.82 Å². The second-order valence-electron chi connectivity index (χ2n) is 5.74. The Morgan fingerprint density at radius 1 is 1.18 bits per heavy atom. The number of alkyl halides is 3. The molecule has 0 aliphatic heterocycles. The summed E-state index contributed by atoms with van der Waals surface area (Å²) in [6.45, 7) is 0. The minimum atomic E-state index is -4.87. The van der Waals surface area contributed by atoms with Crippen molar-refractivity contribution < 1.29 is 27.0 Å². The largest absolute Gasteiger partial charge is 0.573 e. The zero-order valence-corrected chi connectivity index (χ0v) is 13.9. The SMILES string of the molecule is COC[SiH2][C@H]1CC[C@H](c2ccc(OC(F)(F)F)c(F)c2)CC1. The Bertz CT molecular complexity index is 485. The van der Waals surface area contributed by atoms with Gasteiger partial charge in [-0.1, -0.05) is 18.9 Å². The first-order valence-electron chi connectivity index (χ1n) is 7.43. The maximum absolute atomic E-state index is 13.7. The van der Waals surface area contributed by atoms with Crippen molar-refractivity contribution in [2.75, 3.05) is 13.3 Å². The highest BCUT2D eigenvalue weighted by molar-refractivity contribution is 6.37. The van der Waals surface area contributed by atoms with Crippen molar-refractivity contribution in [2.24, 2.45) is 0 Å². The normalized spacial score (nSPS) is 23.1. The van der Waals surface area contributed by atoms with Crippen LogP contribution in [0.4, 0.5) is 17.6 Å². The van der Waals surface area contributed by atoms with Gasteiger partial charge < -0.3 is 9.47 Å². The van der Waals surface area contributed by atoms with E-state index in [0.29, 0.717) is 0 Å². The molecule has 7 heteroatoms. The molecule has 0 N–H and O–H groups in total. The predicted molar refractivity (Wildman–Crippen MR) is 78.5 cm³/mol. The molecule has 1 aliphatic rings. The molecule has 0 aromatic heterocycles. The number of benzene rings is 1. The van der Waals surface area contributed by atoms with Crippen LogP contribution in [0.1, 0.15) is 37.2 Å². The van der Waals surface area contributed by atoms with Crippen molar-refractivity contribution in [3.8, 4) is 5.75 Å². The van der Waals surface area contributed by atoms with Gasteiger partial charge >= 0.3 is 6.36 Å². The molecular formula is C15H20F4O2Si. The first-order valence-corrected chi connectivity index (χ1v) is 9.25. The van der Waals surface area contributed by atoms with Gasteiger partial charge in [0.15, 0.2) is 11.6 Å². The first-order chi connectivity index (χ1) is 10.4. The van der Waals surface area contributed by atoms with E-state index in [1.54, 1.807) is 13.2 Å². The molecule has 1 aromatic carbocycles. The second kappa shape index (κ2) is 7.46. The molecule has 1 aliphatic carbocycles. The number of hydrogen-bond acceptors (Lipinski definition) is 2. The average Bonchev–Trinajstić information content (AvgIpc) is 2.46. The minimum absolute atomic E-state index is 0.212. The zero-order valence-electron chi connectivity index (χ0n) is 12.5. The van der Waals surface area contributed by atoms with E-state index < -0.39 is 17.9 Å². The smallest absolute Gasteiger partial charge is 0.403 e. The number of hydrogen-bond donors (Lipinski definition) is 0. The highest BCUT2D eigenvalue weighted by Gasteiger charge is 2.32. The van der Waals surface area contributed by atoms with Crippen LogP contribution >= 0.6 is 0 Å². The van der Waals surface area contributed by atoms with Gasteiger partial charge in [-0.15, -0.1) is 13.2 Å². The van der Waals surface area contributed by atoms with Crippen LogP contribution in [-0.2, 0) is 4.74 Å². The lowest BCUT2D eigenvalue weighted by atomic mass is 9.84. The lowest BCUT2D eigenvalue weighted by molar-refractivity contribution is -0.275. The van der Waals surface area contributed by atoms with Crippen molar-refractivity contribution in [3.05, 3.63) is 29.6 Å². The maximum atomic E-state index is 13.7. The van der Waals surface area contributed by atoms with E-state index >= 15 is 0 Å². The summed E-state index contributed by atoms with van der Waals surface area (Å²) in [5.74, 6) is -1.50. The van der Waals surface area contributed by atoms with Gasteiger partial charge in [0.05, 0.1) is 9.52 Å². The van der Waals surface area contributed by atoms with Gasteiger partial charge in [0, 0.05) is 13.3 Å². The van der Waals surface area contributed by atoms with Gasteiger partial charge in [-0.3, -0.25) is 0 Å². The van der Waals surface area contributed by atoms with Crippen LogP contribution in [0.15, 0.2) is 18.2 Å². The van der Waals surface area contributed by atoms with Gasteiger partial charge in [0.2, 0.25) is 0 Å². The highest BCUT2D eigenvalue weighted by Crippen LogP contribution is 2.39. The van der Waals surface area contributed by atoms with Crippen molar-refractivity contribution in [1.82, 2.24) is 0 Å². The molecule has 22 heavy (non-hydrogen) atoms. The molecule has 1 saturated carbocycles. The average molecular weight is 336 g/mol. The molecule has 0 radical (unpaired) electrons. The maximum Gasteiger partial charge on any atom is 0.573 e. The van der Waals surface area contributed by atoms with Crippen LogP contribution < -0.4 is 4.74 Å². The Kier molecular flexibility index (Phi) is 5.85. The van der Waals surface area contributed by atoms with E-state index in [0.717, 1.165) is 49.1 Å². The summed E-state index contributed by atoms with van der Waals surface area (Å²) in [4.78, 5) is 0. The Morgan fingerprint density at radius 3 is 2.41 bits per heavy atom. The topological polar surface area (TPSA) is 18.5 Å². The summed E-state index contributed by atoms with van der Waals surface area (Å²) in [6.07, 6.45) is 0.131. The van der Waals surface area contributed by atoms with Crippen molar-refractivity contribution >= 4 is 9.52 Å². The Hall–Kier alpha value is -1.08. The fraction of sp³-hybridized carbons (Fsp3) is 0.600. The van der Waals surface area contributed by atoms with E-state index in [1.165, 1.54) is 6.07 Å². The summed E-state index contributed by atoms with van der Waals surface area (Å²) < 4.78 is 58.9. The molecule has 0 spiro atoms. The van der Waals surface area contributed by atoms with Gasteiger partial charge in [0.1, 0.15) is 0 Å². The van der Waals surface area contributed by atoms with E-state index in [9.17, 15) is 17.6 Å². The highest BCUT2D eigenvalue weighted by atomic mass is 28.2. The molecule has 0 amide bonds. The lowest BCUT2D eigenvalue weighted by Crippen LogP contribution is -2.19. The molecule has 124 valence electrons. The molecule has 0 bridgehead atoms. The minimum Gasteiger partial charge on any atom is -0.403 e. The van der Waals surface area contributed by atoms with Crippen LogP contribution in [0.5, 0.6) is 5.75 Å². The molecule has 2 nitrogen and oxygen atoms in total. The molecule has 1 fully saturated rings. The Labute approximate surface area is 129 Å². The zero-order chi connectivity index (χ0) is 16.2. The van der Waals surface area contributed by atoms with E-state index in [1.807, 2.05) is 0 Å². The van der Waals surface area contributed by atoms with E-state index in [4.69, 9.17) is 4.74 Å². The van der Waals surface area contributed by atoms with Crippen LogP contribution in [0.25, 0.3) is 0 Å². The quantitative estimate of drug-likeness (QED) is 0.599. The Balaban J connectivity index is 1.95. The standard InChI is InChI=1S/C15H20F4O2Si/c1-20-9-22-12-5-2-10(3-6-12)11-4-7-14(13(16)8-11)21-15(17,18)19/h4,7-8,10,12H,2-3,5-6,9,22H2,1H3/t10-,12-. The monoisotopic (exact) mass is 336 g/mol. The summed E-state index contributed by atoms with van der Waals surface area (Å²) >= 11 is 0. The lowest BCUT2D eigenvalue weighted by Gasteiger charge is -2.28. The van der Waals surface area contributed by atoms with Gasteiger partial charge in [-0.25, -0.2) is 4.39 Å². The third-order valence-corrected chi connectivity index (χ3v) is 6.51. The van der Waals surface area contributed by atoms with E-state index in [2.05, 4.69) is 4.74 Å². The molecule has 0 atom stereocenters. The van der Waals surface area contributed by atoms with Gasteiger partial charge in [0.25, 0.3) is 0 Å². The third-order valence-electron chi connectivity index (χ3n) is 4.23. The number of halogens is 4. The van der Waals surface area contributed by atoms with Gasteiger partial charge in [-0.2, -0.15) is 0 Å². The molecule has 0 unspecified atom stereocenters. The van der Waals surface area contributed by atoms with Crippen molar-refractivity contribution in [1.29, 1.82) is 0 Å². The molecule has 2 rings (SSSR count). The summed E-state index contributed by atoms with van der Waals surface area (Å²) in [6, 6.07) is 3.80. The predicted octanol–water partition coefficient (Wildman–Crippen LogP) is 3.94. The molecular weight excluding hydrogens is 316 g/mol. The van der Waals surface area contributed by atoms with E-state index in [-0.39, 0.29) is 15.4 Å². The third kappa shape index (κ3) is 4.98.